The zero-order valence-corrected chi connectivity index (χ0v) is 10.1. The largest absolute Gasteiger partial charge is 0.497 e. The number of nitrogens with one attached hydrogen (secondary N) is 1. The van der Waals surface area contributed by atoms with Gasteiger partial charge in [0.2, 0.25) is 0 Å². The van der Waals surface area contributed by atoms with Crippen LogP contribution >= 0.6 is 0 Å². The SMILES string of the molecule is C=CC[C@H](Nc1ccc(OC)cc1)C(=O)OC. The van der Waals surface area contributed by atoms with Crippen molar-refractivity contribution in [2.24, 2.45) is 0 Å². The van der Waals surface area contributed by atoms with Gasteiger partial charge in [-0.05, 0) is 30.7 Å². The summed E-state index contributed by atoms with van der Waals surface area (Å²) in [6.45, 7) is 3.62. The Kier molecular flexibility index (Phi) is 5.07. The van der Waals surface area contributed by atoms with E-state index >= 15 is 0 Å². The van der Waals surface area contributed by atoms with E-state index in [1.807, 2.05) is 24.3 Å². The van der Waals surface area contributed by atoms with Gasteiger partial charge in [0, 0.05) is 5.69 Å². The second-order valence-electron chi connectivity index (χ2n) is 3.47. The van der Waals surface area contributed by atoms with E-state index in [1.54, 1.807) is 13.2 Å². The van der Waals surface area contributed by atoms with Gasteiger partial charge < -0.3 is 14.8 Å². The third-order valence-corrected chi connectivity index (χ3v) is 2.32. The van der Waals surface area contributed by atoms with E-state index in [1.165, 1.54) is 7.11 Å². The van der Waals surface area contributed by atoms with Crippen LogP contribution in [0.25, 0.3) is 0 Å². The number of hydrogen-bond acceptors (Lipinski definition) is 4. The van der Waals surface area contributed by atoms with Gasteiger partial charge in [-0.2, -0.15) is 0 Å². The first-order chi connectivity index (χ1) is 8.21. The maximum atomic E-state index is 11.5. The summed E-state index contributed by atoms with van der Waals surface area (Å²) in [5.41, 5.74) is 0.836. The van der Waals surface area contributed by atoms with E-state index in [0.717, 1.165) is 11.4 Å². The lowest BCUT2D eigenvalue weighted by molar-refractivity contribution is -0.141. The normalized spacial score (nSPS) is 11.4. The molecule has 1 N–H and O–H groups in total. The molecule has 0 saturated carbocycles. The molecule has 0 spiro atoms. The molecule has 0 bridgehead atoms. The predicted octanol–water partition coefficient (Wildman–Crippen LogP) is 2.22. The van der Waals surface area contributed by atoms with Crippen LogP contribution in [-0.4, -0.2) is 26.2 Å². The predicted molar refractivity (Wildman–Crippen MR) is 67.2 cm³/mol. The zero-order valence-electron chi connectivity index (χ0n) is 10.1. The lowest BCUT2D eigenvalue weighted by Crippen LogP contribution is -2.30. The van der Waals surface area contributed by atoms with Crippen molar-refractivity contribution >= 4 is 11.7 Å². The Morgan fingerprint density at radius 3 is 2.53 bits per heavy atom. The van der Waals surface area contributed by atoms with Crippen LogP contribution in [0, 0.1) is 0 Å². The van der Waals surface area contributed by atoms with Crippen molar-refractivity contribution in [3.63, 3.8) is 0 Å². The molecule has 0 aliphatic carbocycles. The highest BCUT2D eigenvalue weighted by Gasteiger charge is 2.16. The molecule has 0 amide bonds. The Bertz CT molecular complexity index is 373. The Labute approximate surface area is 101 Å². The fraction of sp³-hybridized carbons (Fsp3) is 0.308. The molecule has 1 aromatic rings. The lowest BCUT2D eigenvalue weighted by atomic mass is 10.2. The van der Waals surface area contributed by atoms with Crippen molar-refractivity contribution in [2.45, 2.75) is 12.5 Å². The number of anilines is 1. The van der Waals surface area contributed by atoms with E-state index in [2.05, 4.69) is 11.9 Å². The first-order valence-corrected chi connectivity index (χ1v) is 5.30. The number of ether oxygens (including phenoxy) is 2. The van der Waals surface area contributed by atoms with Crippen molar-refractivity contribution in [3.8, 4) is 5.75 Å². The Hall–Kier alpha value is -1.97. The summed E-state index contributed by atoms with van der Waals surface area (Å²) >= 11 is 0. The monoisotopic (exact) mass is 235 g/mol. The summed E-state index contributed by atoms with van der Waals surface area (Å²) in [7, 11) is 2.98. The van der Waals surface area contributed by atoms with Gasteiger partial charge in [-0.1, -0.05) is 6.08 Å². The summed E-state index contributed by atoms with van der Waals surface area (Å²) in [6.07, 6.45) is 2.19. The molecule has 1 rings (SSSR count). The highest BCUT2D eigenvalue weighted by Crippen LogP contribution is 2.16. The quantitative estimate of drug-likeness (QED) is 0.606. The second kappa shape index (κ2) is 6.58. The molecule has 92 valence electrons. The molecule has 0 radical (unpaired) electrons. The Morgan fingerprint density at radius 2 is 2.06 bits per heavy atom. The molecule has 1 aromatic carbocycles. The van der Waals surface area contributed by atoms with E-state index in [4.69, 9.17) is 9.47 Å². The number of methoxy groups -OCH3 is 2. The van der Waals surface area contributed by atoms with Crippen LogP contribution in [0.3, 0.4) is 0 Å². The number of esters is 1. The standard InChI is InChI=1S/C13H17NO3/c1-4-5-12(13(15)17-3)14-10-6-8-11(16-2)9-7-10/h4,6-9,12,14H,1,5H2,2-3H3/t12-/m0/s1. The summed E-state index contributed by atoms with van der Waals surface area (Å²) in [5.74, 6) is 0.467. The van der Waals surface area contributed by atoms with Crippen molar-refractivity contribution in [3.05, 3.63) is 36.9 Å². The molecule has 4 heteroatoms. The first kappa shape index (κ1) is 13.1. The molecular formula is C13H17NO3. The van der Waals surface area contributed by atoms with Crippen LogP contribution in [0.4, 0.5) is 5.69 Å². The molecule has 0 heterocycles. The van der Waals surface area contributed by atoms with Gasteiger partial charge in [-0.15, -0.1) is 6.58 Å². The van der Waals surface area contributed by atoms with E-state index in [9.17, 15) is 4.79 Å². The van der Waals surface area contributed by atoms with Gasteiger partial charge in [0.15, 0.2) is 0 Å². The van der Waals surface area contributed by atoms with Crippen LogP contribution in [0.15, 0.2) is 36.9 Å². The van der Waals surface area contributed by atoms with Crippen molar-refractivity contribution in [1.82, 2.24) is 0 Å². The second-order valence-corrected chi connectivity index (χ2v) is 3.47. The minimum absolute atomic E-state index is 0.305. The van der Waals surface area contributed by atoms with Crippen molar-refractivity contribution in [1.29, 1.82) is 0 Å². The average Bonchev–Trinajstić information content (AvgIpc) is 2.38. The lowest BCUT2D eigenvalue weighted by Gasteiger charge is -2.16. The van der Waals surface area contributed by atoms with Crippen LogP contribution in [-0.2, 0) is 9.53 Å². The van der Waals surface area contributed by atoms with E-state index < -0.39 is 6.04 Å². The third kappa shape index (κ3) is 3.83. The zero-order chi connectivity index (χ0) is 12.7. The topological polar surface area (TPSA) is 47.6 Å². The number of benzene rings is 1. The molecule has 17 heavy (non-hydrogen) atoms. The van der Waals surface area contributed by atoms with Crippen LogP contribution < -0.4 is 10.1 Å². The molecule has 4 nitrogen and oxygen atoms in total. The van der Waals surface area contributed by atoms with Gasteiger partial charge in [0.25, 0.3) is 0 Å². The van der Waals surface area contributed by atoms with Crippen LogP contribution in [0.1, 0.15) is 6.42 Å². The van der Waals surface area contributed by atoms with E-state index in [-0.39, 0.29) is 5.97 Å². The minimum atomic E-state index is -0.411. The van der Waals surface area contributed by atoms with Crippen LogP contribution in [0.5, 0.6) is 5.75 Å². The highest BCUT2D eigenvalue weighted by atomic mass is 16.5. The molecular weight excluding hydrogens is 218 g/mol. The summed E-state index contributed by atoms with van der Waals surface area (Å²) in [4.78, 5) is 11.5. The molecule has 0 aromatic heterocycles. The Morgan fingerprint density at radius 1 is 1.41 bits per heavy atom. The molecule has 1 atom stereocenters. The summed E-state index contributed by atoms with van der Waals surface area (Å²) < 4.78 is 9.76. The number of carbonyl (C=O) groups excluding carboxylic acids is 1. The van der Waals surface area contributed by atoms with Gasteiger partial charge in [-0.3, -0.25) is 0 Å². The van der Waals surface area contributed by atoms with Crippen molar-refractivity contribution in [2.75, 3.05) is 19.5 Å². The van der Waals surface area contributed by atoms with Crippen molar-refractivity contribution < 1.29 is 14.3 Å². The van der Waals surface area contributed by atoms with Gasteiger partial charge >= 0.3 is 5.97 Å². The smallest absolute Gasteiger partial charge is 0.328 e. The van der Waals surface area contributed by atoms with Gasteiger partial charge in [0.1, 0.15) is 11.8 Å². The summed E-state index contributed by atoms with van der Waals surface area (Å²) in [6, 6.07) is 6.93. The van der Waals surface area contributed by atoms with Crippen LogP contribution in [0.2, 0.25) is 0 Å². The molecule has 0 unspecified atom stereocenters. The van der Waals surface area contributed by atoms with Gasteiger partial charge in [0.05, 0.1) is 14.2 Å². The minimum Gasteiger partial charge on any atom is -0.497 e. The maximum Gasteiger partial charge on any atom is 0.328 e. The van der Waals surface area contributed by atoms with E-state index in [0.29, 0.717) is 6.42 Å². The maximum absolute atomic E-state index is 11.5. The first-order valence-electron chi connectivity index (χ1n) is 5.30. The Balaban J connectivity index is 2.71. The average molecular weight is 235 g/mol. The number of carbonyl (C=O) groups is 1. The molecule has 0 aliphatic heterocycles. The molecule has 0 fully saturated rings. The highest BCUT2D eigenvalue weighted by molar-refractivity contribution is 5.79. The van der Waals surface area contributed by atoms with Gasteiger partial charge in [-0.25, -0.2) is 4.79 Å². The number of hydrogen-bond donors (Lipinski definition) is 1. The fourth-order valence-electron chi connectivity index (χ4n) is 1.41. The molecule has 0 aliphatic rings. The molecule has 0 saturated heterocycles. The number of rotatable bonds is 6. The fourth-order valence-corrected chi connectivity index (χ4v) is 1.41. The summed E-state index contributed by atoms with van der Waals surface area (Å²) in [5, 5.41) is 3.08. The third-order valence-electron chi connectivity index (χ3n) is 2.32.